The van der Waals surface area contributed by atoms with Gasteiger partial charge in [0.1, 0.15) is 5.82 Å². The summed E-state index contributed by atoms with van der Waals surface area (Å²) in [7, 11) is 0. The number of benzene rings is 1. The molecule has 100 valence electrons. The number of nitrogens with two attached hydrogens (primary N) is 1. The lowest BCUT2D eigenvalue weighted by Gasteiger charge is -2.21. The van der Waals surface area contributed by atoms with E-state index in [1.165, 1.54) is 6.07 Å². The number of hydrogen-bond acceptors (Lipinski definition) is 3. The van der Waals surface area contributed by atoms with Gasteiger partial charge in [0.05, 0.1) is 12.7 Å². The van der Waals surface area contributed by atoms with Gasteiger partial charge in [-0.3, -0.25) is 11.3 Å². The van der Waals surface area contributed by atoms with Gasteiger partial charge in [-0.25, -0.2) is 4.39 Å². The summed E-state index contributed by atoms with van der Waals surface area (Å²) in [5, 5.41) is 0. The number of ether oxygens (including phenoxy) is 1. The Balaban J connectivity index is 2.05. The van der Waals surface area contributed by atoms with Crippen molar-refractivity contribution in [3.05, 3.63) is 34.1 Å². The van der Waals surface area contributed by atoms with E-state index >= 15 is 0 Å². The zero-order valence-corrected chi connectivity index (χ0v) is 11.9. The number of hydrazine groups is 1. The van der Waals surface area contributed by atoms with Crippen molar-refractivity contribution in [1.82, 2.24) is 5.43 Å². The topological polar surface area (TPSA) is 47.3 Å². The molecule has 0 bridgehead atoms. The van der Waals surface area contributed by atoms with Crippen LogP contribution in [0.1, 0.15) is 18.9 Å². The summed E-state index contributed by atoms with van der Waals surface area (Å²) in [4.78, 5) is 0. The Morgan fingerprint density at radius 2 is 2.39 bits per heavy atom. The number of hydrogen-bond donors (Lipinski definition) is 2. The molecule has 1 aliphatic rings. The molecule has 3 N–H and O–H groups in total. The van der Waals surface area contributed by atoms with Crippen molar-refractivity contribution in [3.63, 3.8) is 0 Å². The molecule has 1 saturated heterocycles. The van der Waals surface area contributed by atoms with Crippen LogP contribution in [0, 0.1) is 11.7 Å². The van der Waals surface area contributed by atoms with Crippen LogP contribution in [0.15, 0.2) is 22.7 Å². The van der Waals surface area contributed by atoms with Gasteiger partial charge in [0.25, 0.3) is 0 Å². The Bertz CT molecular complexity index is 416. The van der Waals surface area contributed by atoms with Crippen LogP contribution in [0.4, 0.5) is 4.39 Å². The Labute approximate surface area is 115 Å². The first-order valence-electron chi connectivity index (χ1n) is 6.11. The van der Waals surface area contributed by atoms with E-state index in [4.69, 9.17) is 10.6 Å². The normalized spacial score (nSPS) is 25.3. The van der Waals surface area contributed by atoms with E-state index < -0.39 is 0 Å². The number of halogens is 2. The largest absolute Gasteiger partial charge is 0.378 e. The first-order valence-corrected chi connectivity index (χ1v) is 6.91. The average Bonchev–Trinajstić information content (AvgIpc) is 2.75. The maximum Gasteiger partial charge on any atom is 0.127 e. The van der Waals surface area contributed by atoms with Crippen LogP contribution in [-0.2, 0) is 11.2 Å². The minimum absolute atomic E-state index is 0.0469. The summed E-state index contributed by atoms with van der Waals surface area (Å²) in [6, 6.07) is 5.17. The van der Waals surface area contributed by atoms with E-state index in [9.17, 15) is 4.39 Å². The molecular weight excluding hydrogens is 299 g/mol. The molecule has 0 aromatic heterocycles. The zero-order valence-electron chi connectivity index (χ0n) is 10.3. The third kappa shape index (κ3) is 3.29. The molecule has 1 aliphatic heterocycles. The molecule has 0 spiro atoms. The van der Waals surface area contributed by atoms with E-state index in [0.717, 1.165) is 10.9 Å². The highest BCUT2D eigenvalue weighted by atomic mass is 79.9. The summed E-state index contributed by atoms with van der Waals surface area (Å²) < 4.78 is 20.1. The second-order valence-corrected chi connectivity index (χ2v) is 5.77. The summed E-state index contributed by atoms with van der Waals surface area (Å²) in [6.07, 6.45) is 1.81. The van der Waals surface area contributed by atoms with Crippen LogP contribution in [0.5, 0.6) is 0 Å². The molecule has 3 atom stereocenters. The Morgan fingerprint density at radius 1 is 1.61 bits per heavy atom. The van der Waals surface area contributed by atoms with Crippen molar-refractivity contribution < 1.29 is 9.13 Å². The summed E-state index contributed by atoms with van der Waals surface area (Å²) in [5.41, 5.74) is 3.48. The van der Waals surface area contributed by atoms with E-state index in [1.54, 1.807) is 6.07 Å². The van der Waals surface area contributed by atoms with Crippen LogP contribution in [-0.4, -0.2) is 18.8 Å². The molecular formula is C13H18BrFN2O. The maximum absolute atomic E-state index is 13.8. The van der Waals surface area contributed by atoms with Crippen molar-refractivity contribution in [1.29, 1.82) is 0 Å². The van der Waals surface area contributed by atoms with Crippen molar-refractivity contribution in [2.75, 3.05) is 6.61 Å². The molecule has 1 aromatic rings. The highest BCUT2D eigenvalue weighted by Crippen LogP contribution is 2.25. The molecule has 0 amide bonds. The Morgan fingerprint density at radius 3 is 2.94 bits per heavy atom. The third-order valence-electron chi connectivity index (χ3n) is 3.47. The minimum atomic E-state index is -0.198. The standard InChI is InChI=1S/C13H18BrFN2O/c1-8-4-10(7-18-8)13(17-16)5-9-2-3-11(14)6-12(9)15/h2-3,6,8,10,13,17H,4-5,7,16H2,1H3. The van der Waals surface area contributed by atoms with Gasteiger partial charge in [-0.15, -0.1) is 0 Å². The quantitative estimate of drug-likeness (QED) is 0.662. The fraction of sp³-hybridized carbons (Fsp3) is 0.538. The van der Waals surface area contributed by atoms with Gasteiger partial charge in [0, 0.05) is 16.4 Å². The van der Waals surface area contributed by atoms with Gasteiger partial charge < -0.3 is 4.74 Å². The van der Waals surface area contributed by atoms with E-state index in [0.29, 0.717) is 24.5 Å². The van der Waals surface area contributed by atoms with Crippen LogP contribution in [0.2, 0.25) is 0 Å². The van der Waals surface area contributed by atoms with Crippen LogP contribution < -0.4 is 11.3 Å². The van der Waals surface area contributed by atoms with Crippen LogP contribution >= 0.6 is 15.9 Å². The first-order chi connectivity index (χ1) is 8.60. The molecule has 3 nitrogen and oxygen atoms in total. The SMILES string of the molecule is CC1CC(C(Cc2ccc(Br)cc2F)NN)CO1. The second kappa shape index (κ2) is 6.10. The molecule has 0 aliphatic carbocycles. The summed E-state index contributed by atoms with van der Waals surface area (Å²) >= 11 is 3.25. The highest BCUT2D eigenvalue weighted by molar-refractivity contribution is 9.10. The molecule has 1 heterocycles. The molecule has 0 radical (unpaired) electrons. The number of nitrogens with one attached hydrogen (secondary N) is 1. The van der Waals surface area contributed by atoms with Gasteiger partial charge in [-0.2, -0.15) is 0 Å². The van der Waals surface area contributed by atoms with Gasteiger partial charge in [-0.05, 0) is 37.5 Å². The van der Waals surface area contributed by atoms with Gasteiger partial charge in [0.15, 0.2) is 0 Å². The molecule has 3 unspecified atom stereocenters. The van der Waals surface area contributed by atoms with E-state index in [1.807, 2.05) is 13.0 Å². The van der Waals surface area contributed by atoms with Crippen molar-refractivity contribution in [2.45, 2.75) is 31.9 Å². The maximum atomic E-state index is 13.8. The van der Waals surface area contributed by atoms with Crippen molar-refractivity contribution in [2.24, 2.45) is 11.8 Å². The fourth-order valence-corrected chi connectivity index (χ4v) is 2.75. The monoisotopic (exact) mass is 316 g/mol. The zero-order chi connectivity index (χ0) is 13.1. The van der Waals surface area contributed by atoms with Crippen LogP contribution in [0.3, 0.4) is 0 Å². The second-order valence-electron chi connectivity index (χ2n) is 4.85. The average molecular weight is 317 g/mol. The van der Waals surface area contributed by atoms with Gasteiger partial charge in [-0.1, -0.05) is 22.0 Å². The predicted molar refractivity (Wildman–Crippen MR) is 72.4 cm³/mol. The molecule has 0 saturated carbocycles. The Kier molecular flexibility index (Phi) is 4.72. The molecule has 1 fully saturated rings. The smallest absolute Gasteiger partial charge is 0.127 e. The predicted octanol–water partition coefficient (Wildman–Crippen LogP) is 2.39. The third-order valence-corrected chi connectivity index (χ3v) is 3.96. The van der Waals surface area contributed by atoms with E-state index in [2.05, 4.69) is 21.4 Å². The molecule has 5 heteroatoms. The van der Waals surface area contributed by atoms with Crippen LogP contribution in [0.25, 0.3) is 0 Å². The highest BCUT2D eigenvalue weighted by Gasteiger charge is 2.29. The van der Waals surface area contributed by atoms with E-state index in [-0.39, 0.29) is 18.0 Å². The lowest BCUT2D eigenvalue weighted by molar-refractivity contribution is 0.116. The minimum Gasteiger partial charge on any atom is -0.378 e. The van der Waals surface area contributed by atoms with Crippen molar-refractivity contribution >= 4 is 15.9 Å². The first kappa shape index (κ1) is 13.9. The van der Waals surface area contributed by atoms with Gasteiger partial charge in [0.2, 0.25) is 0 Å². The molecule has 18 heavy (non-hydrogen) atoms. The summed E-state index contributed by atoms with van der Waals surface area (Å²) in [5.74, 6) is 5.73. The Hall–Kier alpha value is -0.490. The molecule has 2 rings (SSSR count). The molecule has 1 aromatic carbocycles. The number of rotatable bonds is 4. The lowest BCUT2D eigenvalue weighted by Crippen LogP contribution is -2.43. The lowest BCUT2D eigenvalue weighted by atomic mass is 9.92. The fourth-order valence-electron chi connectivity index (χ4n) is 2.42. The van der Waals surface area contributed by atoms with Gasteiger partial charge >= 0.3 is 0 Å². The van der Waals surface area contributed by atoms with Crippen molar-refractivity contribution in [3.8, 4) is 0 Å². The summed E-state index contributed by atoms with van der Waals surface area (Å²) in [6.45, 7) is 2.74.